The first-order chi connectivity index (χ1) is 12.2. The zero-order valence-corrected chi connectivity index (χ0v) is 16.2. The van der Waals surface area contributed by atoms with Crippen molar-refractivity contribution in [1.29, 1.82) is 0 Å². The van der Waals surface area contributed by atoms with Gasteiger partial charge >= 0.3 is 5.97 Å². The van der Waals surface area contributed by atoms with E-state index in [2.05, 4.69) is 15.4 Å². The van der Waals surface area contributed by atoms with Gasteiger partial charge in [-0.15, -0.1) is 0 Å². The van der Waals surface area contributed by atoms with Crippen LogP contribution in [0.25, 0.3) is 6.08 Å². The van der Waals surface area contributed by atoms with Crippen molar-refractivity contribution in [3.05, 3.63) is 45.3 Å². The van der Waals surface area contributed by atoms with Crippen LogP contribution < -0.4 is 5.32 Å². The van der Waals surface area contributed by atoms with Gasteiger partial charge in [0, 0.05) is 30.6 Å². The summed E-state index contributed by atoms with van der Waals surface area (Å²) >= 11 is 11.7. The minimum atomic E-state index is -1.03. The number of pyridine rings is 1. The van der Waals surface area contributed by atoms with E-state index in [1.165, 1.54) is 25.3 Å². The molecule has 138 valence electrons. The molecule has 1 N–H and O–H groups in total. The lowest BCUT2D eigenvalue weighted by Crippen LogP contribution is -2.29. The van der Waals surface area contributed by atoms with Gasteiger partial charge in [0.1, 0.15) is 0 Å². The van der Waals surface area contributed by atoms with Crippen LogP contribution in [0.4, 0.5) is 5.82 Å². The molecule has 2 aromatic rings. The number of ether oxygens (including phenoxy) is 1. The molecule has 0 aliphatic heterocycles. The minimum absolute atomic E-state index is 0.140. The molecule has 26 heavy (non-hydrogen) atoms. The molecule has 0 spiro atoms. The second-order valence-corrected chi connectivity index (χ2v) is 6.44. The molecule has 0 fully saturated rings. The number of nitrogens with one attached hydrogen (secondary N) is 1. The highest BCUT2D eigenvalue weighted by Crippen LogP contribution is 2.22. The van der Waals surface area contributed by atoms with Gasteiger partial charge in [-0.25, -0.2) is 9.78 Å². The van der Waals surface area contributed by atoms with Crippen LogP contribution in [0.2, 0.25) is 10.0 Å². The average molecular weight is 397 g/mol. The number of hydrogen-bond donors (Lipinski definition) is 1. The number of nitrogens with zero attached hydrogens (tertiary/aromatic N) is 3. The second kappa shape index (κ2) is 8.33. The summed E-state index contributed by atoms with van der Waals surface area (Å²) in [4.78, 5) is 28.0. The molecule has 1 atom stereocenters. The van der Waals surface area contributed by atoms with Crippen LogP contribution >= 0.6 is 23.2 Å². The van der Waals surface area contributed by atoms with Gasteiger partial charge in [0.05, 0.1) is 15.7 Å². The van der Waals surface area contributed by atoms with Crippen molar-refractivity contribution in [2.24, 2.45) is 7.05 Å². The molecule has 2 rings (SSSR count). The number of anilines is 1. The van der Waals surface area contributed by atoms with Crippen LogP contribution in [-0.2, 0) is 21.4 Å². The van der Waals surface area contributed by atoms with Gasteiger partial charge in [-0.3, -0.25) is 9.48 Å². The molecule has 0 radical (unpaired) electrons. The molecule has 0 saturated heterocycles. The van der Waals surface area contributed by atoms with Gasteiger partial charge in [0.25, 0.3) is 5.91 Å². The number of rotatable bonds is 5. The predicted octanol–water partition coefficient (Wildman–Crippen LogP) is 3.32. The Bertz CT molecular complexity index is 877. The predicted molar refractivity (Wildman–Crippen MR) is 100 cm³/mol. The van der Waals surface area contributed by atoms with E-state index in [9.17, 15) is 9.59 Å². The Hall–Kier alpha value is -2.38. The van der Waals surface area contributed by atoms with E-state index in [0.29, 0.717) is 5.02 Å². The third-order valence-corrected chi connectivity index (χ3v) is 4.16. The van der Waals surface area contributed by atoms with Crippen LogP contribution in [-0.4, -0.2) is 32.7 Å². The molecule has 1 amide bonds. The average Bonchev–Trinajstić information content (AvgIpc) is 2.80. The first kappa shape index (κ1) is 19.9. The Balaban J connectivity index is 1.97. The molecular formula is C17H18Cl2N4O3. The smallest absolute Gasteiger partial charge is 0.331 e. The largest absolute Gasteiger partial charge is 0.449 e. The molecule has 0 saturated carbocycles. The van der Waals surface area contributed by atoms with Gasteiger partial charge in [-0.1, -0.05) is 23.2 Å². The molecule has 0 aromatic carbocycles. The molecular weight excluding hydrogens is 379 g/mol. The third kappa shape index (κ3) is 4.83. The topological polar surface area (TPSA) is 86.1 Å². The normalized spacial score (nSPS) is 12.2. The van der Waals surface area contributed by atoms with E-state index in [1.54, 1.807) is 10.8 Å². The summed E-state index contributed by atoms with van der Waals surface area (Å²) in [5.41, 5.74) is 2.54. The van der Waals surface area contributed by atoms with Gasteiger partial charge in [-0.2, -0.15) is 5.10 Å². The van der Waals surface area contributed by atoms with Crippen LogP contribution in [0.1, 0.15) is 23.9 Å². The van der Waals surface area contributed by atoms with Gasteiger partial charge in [0.15, 0.2) is 11.9 Å². The van der Waals surface area contributed by atoms with Gasteiger partial charge in [-0.05, 0) is 32.9 Å². The minimum Gasteiger partial charge on any atom is -0.449 e. The fourth-order valence-corrected chi connectivity index (χ4v) is 2.60. The van der Waals surface area contributed by atoms with Crippen molar-refractivity contribution >= 4 is 47.0 Å². The lowest BCUT2D eigenvalue weighted by molar-refractivity contribution is -0.148. The van der Waals surface area contributed by atoms with E-state index >= 15 is 0 Å². The van der Waals surface area contributed by atoms with Crippen molar-refractivity contribution in [3.8, 4) is 0 Å². The summed E-state index contributed by atoms with van der Waals surface area (Å²) in [6.45, 7) is 5.19. The number of aryl methyl sites for hydroxylation is 2. The summed E-state index contributed by atoms with van der Waals surface area (Å²) in [6, 6.07) is 1.45. The SMILES string of the molecule is Cc1nn(C)c(C)c1/C=C/C(=O)O[C@H](C)C(=O)Nc1ncc(Cl)cc1Cl. The molecule has 2 heterocycles. The summed E-state index contributed by atoms with van der Waals surface area (Å²) in [5, 5.41) is 7.27. The Morgan fingerprint density at radius 3 is 2.62 bits per heavy atom. The van der Waals surface area contributed by atoms with Crippen molar-refractivity contribution in [1.82, 2.24) is 14.8 Å². The number of carbonyl (C=O) groups is 2. The van der Waals surface area contributed by atoms with Crippen molar-refractivity contribution in [2.75, 3.05) is 5.32 Å². The second-order valence-electron chi connectivity index (χ2n) is 5.59. The summed E-state index contributed by atoms with van der Waals surface area (Å²) in [7, 11) is 1.82. The zero-order chi connectivity index (χ0) is 19.4. The lowest BCUT2D eigenvalue weighted by atomic mass is 10.2. The monoisotopic (exact) mass is 396 g/mol. The van der Waals surface area contributed by atoms with E-state index < -0.39 is 18.0 Å². The quantitative estimate of drug-likeness (QED) is 0.618. The first-order valence-electron chi connectivity index (χ1n) is 7.70. The number of amides is 1. The fourth-order valence-electron chi connectivity index (χ4n) is 2.17. The molecule has 2 aromatic heterocycles. The van der Waals surface area contributed by atoms with Crippen molar-refractivity contribution < 1.29 is 14.3 Å². The molecule has 7 nitrogen and oxygen atoms in total. The molecule has 0 aliphatic carbocycles. The van der Waals surface area contributed by atoms with Crippen LogP contribution in [0, 0.1) is 13.8 Å². The van der Waals surface area contributed by atoms with E-state index in [0.717, 1.165) is 17.0 Å². The third-order valence-electron chi connectivity index (χ3n) is 3.66. The van der Waals surface area contributed by atoms with Crippen LogP contribution in [0.5, 0.6) is 0 Å². The summed E-state index contributed by atoms with van der Waals surface area (Å²) in [6.07, 6.45) is 3.19. The highest BCUT2D eigenvalue weighted by Gasteiger charge is 2.18. The maximum atomic E-state index is 12.1. The standard InChI is InChI=1S/C17H18Cl2N4O3/c1-9-13(10(2)23(4)22-9)5-6-15(24)26-11(3)17(25)21-16-14(19)7-12(18)8-20-16/h5-8,11H,1-4H3,(H,20,21,25)/b6-5+/t11-/m1/s1. The highest BCUT2D eigenvalue weighted by atomic mass is 35.5. The van der Waals surface area contributed by atoms with Gasteiger partial charge < -0.3 is 10.1 Å². The van der Waals surface area contributed by atoms with E-state index in [4.69, 9.17) is 27.9 Å². The van der Waals surface area contributed by atoms with Crippen molar-refractivity contribution in [3.63, 3.8) is 0 Å². The number of carbonyl (C=O) groups excluding carboxylic acids is 2. The van der Waals surface area contributed by atoms with Crippen LogP contribution in [0.15, 0.2) is 18.3 Å². The summed E-state index contributed by atoms with van der Waals surface area (Å²) in [5.74, 6) is -1.07. The molecule has 9 heteroatoms. The highest BCUT2D eigenvalue weighted by molar-refractivity contribution is 6.36. The van der Waals surface area contributed by atoms with Crippen molar-refractivity contribution in [2.45, 2.75) is 26.9 Å². The number of aromatic nitrogens is 3. The maximum absolute atomic E-state index is 12.1. The molecule has 0 unspecified atom stereocenters. The Labute approximate surface area is 161 Å². The van der Waals surface area contributed by atoms with Gasteiger partial charge in [0.2, 0.25) is 0 Å². The van der Waals surface area contributed by atoms with E-state index in [-0.39, 0.29) is 10.8 Å². The molecule has 0 bridgehead atoms. The number of esters is 1. The Kier molecular flexibility index (Phi) is 6.39. The first-order valence-corrected chi connectivity index (χ1v) is 8.45. The maximum Gasteiger partial charge on any atom is 0.331 e. The fraction of sp³-hybridized carbons (Fsp3) is 0.294. The van der Waals surface area contributed by atoms with E-state index in [1.807, 2.05) is 20.9 Å². The summed E-state index contributed by atoms with van der Waals surface area (Å²) < 4.78 is 6.82. The Morgan fingerprint density at radius 1 is 1.35 bits per heavy atom. The molecule has 0 aliphatic rings. The zero-order valence-electron chi connectivity index (χ0n) is 14.7. The Morgan fingerprint density at radius 2 is 2.04 bits per heavy atom. The number of hydrogen-bond acceptors (Lipinski definition) is 5. The van der Waals surface area contributed by atoms with Crippen LogP contribution in [0.3, 0.4) is 0 Å². The number of halogens is 2. The lowest BCUT2D eigenvalue weighted by Gasteiger charge is -2.12.